The first-order valence-electron chi connectivity index (χ1n) is 5.35. The smallest absolute Gasteiger partial charge is 0.345 e. The first-order valence-corrected chi connectivity index (χ1v) is 6.97. The first-order chi connectivity index (χ1) is 7.67. The van der Waals surface area contributed by atoms with E-state index in [1.165, 1.54) is 11.8 Å². The molecule has 0 aliphatic rings. The second-order valence-corrected chi connectivity index (χ2v) is 6.98. The molecule has 100 valence electrons. The molecule has 17 heavy (non-hydrogen) atoms. The molecule has 0 fully saturated rings. The highest BCUT2D eigenvalue weighted by molar-refractivity contribution is 8.00. The molecule has 0 aromatic carbocycles. The van der Waals surface area contributed by atoms with Crippen molar-refractivity contribution in [3.63, 3.8) is 0 Å². The number of rotatable bonds is 6. The monoisotopic (exact) mass is 280 g/mol. The Bertz CT molecular complexity index is 273. The Hall–Kier alpha value is -0.360. The van der Waals surface area contributed by atoms with Crippen LogP contribution in [0.1, 0.15) is 27.7 Å². The Morgan fingerprint density at radius 2 is 1.94 bits per heavy atom. The molecular formula is C11H20O4S2. The minimum Gasteiger partial charge on any atom is -0.478 e. The molecule has 0 saturated carbocycles. The summed E-state index contributed by atoms with van der Waals surface area (Å²) in [6, 6.07) is 0. The number of carboxylic acids is 1. The molecule has 0 amide bonds. The van der Waals surface area contributed by atoms with Gasteiger partial charge in [-0.1, -0.05) is 27.7 Å². The maximum Gasteiger partial charge on any atom is 0.345 e. The molecule has 0 rings (SSSR count). The second-order valence-electron chi connectivity index (χ2n) is 4.77. The van der Waals surface area contributed by atoms with Crippen molar-refractivity contribution in [2.45, 2.75) is 38.5 Å². The largest absolute Gasteiger partial charge is 0.478 e. The van der Waals surface area contributed by atoms with Gasteiger partial charge in [-0.05, 0) is 0 Å². The fraction of sp³-hybridized carbons (Fsp3) is 0.818. The van der Waals surface area contributed by atoms with Crippen LogP contribution in [-0.4, -0.2) is 39.4 Å². The number of aliphatic carboxylic acids is 1. The molecule has 6 heteroatoms. The molecule has 0 aliphatic carbocycles. The number of carbonyl (C=O) groups is 2. The molecule has 0 aliphatic heterocycles. The number of carbonyl (C=O) groups excluding carboxylic acids is 1. The van der Waals surface area contributed by atoms with E-state index >= 15 is 0 Å². The van der Waals surface area contributed by atoms with Crippen LogP contribution in [0.2, 0.25) is 0 Å². The van der Waals surface area contributed by atoms with Gasteiger partial charge in [0.15, 0.2) is 0 Å². The van der Waals surface area contributed by atoms with Crippen LogP contribution >= 0.6 is 24.4 Å². The van der Waals surface area contributed by atoms with Crippen molar-refractivity contribution in [1.29, 1.82) is 0 Å². The number of thiol groups is 1. The molecule has 0 aromatic rings. The van der Waals surface area contributed by atoms with Gasteiger partial charge in [0.2, 0.25) is 6.10 Å². The summed E-state index contributed by atoms with van der Waals surface area (Å²) in [5.74, 6) is -1.41. The van der Waals surface area contributed by atoms with Crippen LogP contribution < -0.4 is 0 Å². The van der Waals surface area contributed by atoms with Gasteiger partial charge in [0.25, 0.3) is 0 Å². The fourth-order valence-electron chi connectivity index (χ4n) is 0.812. The molecule has 1 unspecified atom stereocenters. The predicted molar refractivity (Wildman–Crippen MR) is 72.7 cm³/mol. The van der Waals surface area contributed by atoms with Gasteiger partial charge in [0, 0.05) is 16.3 Å². The highest BCUT2D eigenvalue weighted by Gasteiger charge is 2.26. The third-order valence-corrected chi connectivity index (χ3v) is 3.76. The van der Waals surface area contributed by atoms with Crippen molar-refractivity contribution in [3.05, 3.63) is 0 Å². The lowest BCUT2D eigenvalue weighted by Gasteiger charge is -2.21. The van der Waals surface area contributed by atoms with Gasteiger partial charge in [-0.15, -0.1) is 0 Å². The van der Waals surface area contributed by atoms with Crippen LogP contribution in [0.25, 0.3) is 0 Å². The van der Waals surface area contributed by atoms with E-state index in [-0.39, 0.29) is 16.4 Å². The van der Waals surface area contributed by atoms with Gasteiger partial charge in [-0.25, -0.2) is 4.79 Å². The third-order valence-electron chi connectivity index (χ3n) is 1.88. The van der Waals surface area contributed by atoms with Crippen molar-refractivity contribution in [2.75, 3.05) is 11.5 Å². The summed E-state index contributed by atoms with van der Waals surface area (Å²) in [5, 5.41) is 8.96. The number of thioether (sulfide) groups is 1. The molecule has 1 N–H and O–H groups in total. The van der Waals surface area contributed by atoms with E-state index in [1.807, 2.05) is 20.8 Å². The number of hydrogen-bond acceptors (Lipinski definition) is 5. The van der Waals surface area contributed by atoms with Crippen LogP contribution in [0.4, 0.5) is 0 Å². The zero-order valence-corrected chi connectivity index (χ0v) is 12.3. The van der Waals surface area contributed by atoms with E-state index in [1.54, 1.807) is 6.92 Å². The molecule has 0 bridgehead atoms. The average molecular weight is 280 g/mol. The predicted octanol–water partition coefficient (Wildman–Crippen LogP) is 2.08. The maximum atomic E-state index is 11.5. The van der Waals surface area contributed by atoms with Gasteiger partial charge < -0.3 is 9.84 Å². The Morgan fingerprint density at radius 3 is 2.29 bits per heavy atom. The lowest BCUT2D eigenvalue weighted by atomic mass is 10.2. The van der Waals surface area contributed by atoms with Crippen LogP contribution in [0.5, 0.6) is 0 Å². The van der Waals surface area contributed by atoms with Gasteiger partial charge in [0.05, 0.1) is 5.92 Å². The third kappa shape index (κ3) is 7.54. The summed E-state index contributed by atoms with van der Waals surface area (Å²) >= 11 is 5.43. The summed E-state index contributed by atoms with van der Waals surface area (Å²) in [4.78, 5) is 22.4. The standard InChI is InChI=1S/C11H20O4S2/c1-7(5-16)10(14)15-8(9(12)13)6-17-11(2,3)4/h7-8,16H,5-6H2,1-4H3,(H,12,13)/t7-,8?/m0/s1. The maximum absolute atomic E-state index is 11.5. The highest BCUT2D eigenvalue weighted by Crippen LogP contribution is 2.24. The Kier molecular flexibility index (Phi) is 7.01. The van der Waals surface area contributed by atoms with Crippen molar-refractivity contribution < 1.29 is 19.4 Å². The van der Waals surface area contributed by atoms with Gasteiger partial charge in [-0.2, -0.15) is 24.4 Å². The van der Waals surface area contributed by atoms with Crippen LogP contribution in [-0.2, 0) is 14.3 Å². The molecule has 0 aromatic heterocycles. The summed E-state index contributed by atoms with van der Waals surface area (Å²) in [5.41, 5.74) is 0. The number of hydrogen-bond donors (Lipinski definition) is 2. The summed E-state index contributed by atoms with van der Waals surface area (Å²) < 4.78 is 4.89. The quantitative estimate of drug-likeness (QED) is 0.576. The SMILES string of the molecule is C[C@@H](CS)C(=O)OC(CSC(C)(C)C)C(=O)O. The molecule has 2 atom stereocenters. The molecule has 0 saturated heterocycles. The molecule has 0 radical (unpaired) electrons. The molecular weight excluding hydrogens is 260 g/mol. The van der Waals surface area contributed by atoms with Crippen molar-refractivity contribution in [1.82, 2.24) is 0 Å². The Labute approximate surface area is 112 Å². The van der Waals surface area contributed by atoms with Gasteiger partial charge >= 0.3 is 11.9 Å². The van der Waals surface area contributed by atoms with Crippen molar-refractivity contribution in [2.24, 2.45) is 5.92 Å². The highest BCUT2D eigenvalue weighted by atomic mass is 32.2. The fourth-order valence-corrected chi connectivity index (χ4v) is 1.82. The summed E-state index contributed by atoms with van der Waals surface area (Å²) in [6.45, 7) is 7.60. The first kappa shape index (κ1) is 16.6. The van der Waals surface area contributed by atoms with E-state index in [0.29, 0.717) is 5.75 Å². The average Bonchev–Trinajstić information content (AvgIpc) is 2.20. The van der Waals surface area contributed by atoms with E-state index in [0.717, 1.165) is 0 Å². The topological polar surface area (TPSA) is 63.6 Å². The van der Waals surface area contributed by atoms with Crippen LogP contribution in [0.3, 0.4) is 0 Å². The summed E-state index contributed by atoms with van der Waals surface area (Å²) in [7, 11) is 0. The number of esters is 1. The lowest BCUT2D eigenvalue weighted by molar-refractivity contribution is -0.164. The van der Waals surface area contributed by atoms with E-state index in [2.05, 4.69) is 12.6 Å². The summed E-state index contributed by atoms with van der Waals surface area (Å²) in [6.07, 6.45) is -1.09. The second kappa shape index (κ2) is 7.16. The molecule has 0 spiro atoms. The van der Waals surface area contributed by atoms with E-state index in [9.17, 15) is 9.59 Å². The Morgan fingerprint density at radius 1 is 1.41 bits per heavy atom. The minimum atomic E-state index is -1.11. The number of carboxylic acid groups (broad SMARTS) is 1. The van der Waals surface area contributed by atoms with Gasteiger partial charge in [-0.3, -0.25) is 4.79 Å². The van der Waals surface area contributed by atoms with Crippen LogP contribution in [0.15, 0.2) is 0 Å². The Balaban J connectivity index is 4.35. The zero-order valence-electron chi connectivity index (χ0n) is 10.6. The lowest BCUT2D eigenvalue weighted by Crippen LogP contribution is -2.33. The van der Waals surface area contributed by atoms with Gasteiger partial charge in [0.1, 0.15) is 0 Å². The molecule has 4 nitrogen and oxygen atoms in total. The number of ether oxygens (including phenoxy) is 1. The van der Waals surface area contributed by atoms with E-state index < -0.39 is 18.0 Å². The van der Waals surface area contributed by atoms with Crippen LogP contribution in [0, 0.1) is 5.92 Å². The normalized spacial score (nSPS) is 15.1. The van der Waals surface area contributed by atoms with E-state index in [4.69, 9.17) is 9.84 Å². The van der Waals surface area contributed by atoms with Crippen molar-refractivity contribution in [3.8, 4) is 0 Å². The van der Waals surface area contributed by atoms with Crippen molar-refractivity contribution >= 4 is 36.3 Å². The molecule has 0 heterocycles. The zero-order chi connectivity index (χ0) is 13.6. The minimum absolute atomic E-state index is 0.0602.